The van der Waals surface area contributed by atoms with Crippen LogP contribution in [0.25, 0.3) is 0 Å². The van der Waals surface area contributed by atoms with Gasteiger partial charge in [0.1, 0.15) is 5.76 Å². The number of amides is 1. The molecule has 0 spiro atoms. The molecule has 0 aromatic carbocycles. The van der Waals surface area contributed by atoms with Gasteiger partial charge in [-0.3, -0.25) is 14.6 Å². The Kier molecular flexibility index (Phi) is 4.98. The molecule has 2 aromatic heterocycles. The van der Waals surface area contributed by atoms with Gasteiger partial charge in [-0.1, -0.05) is 26.8 Å². The van der Waals surface area contributed by atoms with Gasteiger partial charge in [-0.25, -0.2) is 0 Å². The Hall–Kier alpha value is -2.43. The zero-order valence-corrected chi connectivity index (χ0v) is 13.9. The number of nitrogens with one attached hydrogen (secondary N) is 1. The quantitative estimate of drug-likeness (QED) is 0.940. The van der Waals surface area contributed by atoms with Crippen molar-refractivity contribution in [3.05, 3.63) is 64.0 Å². The fraction of sp³-hybridized carbons (Fsp3) is 0.389. The van der Waals surface area contributed by atoms with E-state index in [9.17, 15) is 9.59 Å². The fourth-order valence-corrected chi connectivity index (χ4v) is 2.39. The minimum Gasteiger partial charge on any atom is -0.456 e. The molecular weight excluding hydrogens is 292 g/mol. The first-order valence-corrected chi connectivity index (χ1v) is 7.57. The molecule has 5 heteroatoms. The van der Waals surface area contributed by atoms with Crippen LogP contribution in [0, 0.1) is 12.3 Å². The second-order valence-electron chi connectivity index (χ2n) is 6.85. The lowest BCUT2D eigenvalue weighted by molar-refractivity contribution is 0.0894. The molecule has 2 rings (SSSR count). The van der Waals surface area contributed by atoms with E-state index in [-0.39, 0.29) is 22.6 Å². The molecule has 0 saturated heterocycles. The number of rotatable bonds is 4. The van der Waals surface area contributed by atoms with Crippen LogP contribution in [-0.4, -0.2) is 10.9 Å². The lowest BCUT2D eigenvalue weighted by atomic mass is 9.86. The predicted molar refractivity (Wildman–Crippen MR) is 88.2 cm³/mol. The minimum atomic E-state index is -0.399. The van der Waals surface area contributed by atoms with Crippen LogP contribution in [-0.2, 0) is 0 Å². The highest BCUT2D eigenvalue weighted by molar-refractivity contribution is 5.91. The van der Waals surface area contributed by atoms with Crippen molar-refractivity contribution in [2.75, 3.05) is 0 Å². The standard InChI is InChI=1S/C18H22N2O3/c1-12-8-14(21)9-16(23-12)17(22)20-15(10-18(2,3)4)13-6-5-7-19-11-13/h5-9,11,15H,10H2,1-4H3,(H,20,22)/t15-/m1/s1. The summed E-state index contributed by atoms with van der Waals surface area (Å²) in [6, 6.07) is 6.12. The number of aryl methyl sites for hydroxylation is 1. The third kappa shape index (κ3) is 5.06. The zero-order chi connectivity index (χ0) is 17.0. The average Bonchev–Trinajstić information content (AvgIpc) is 2.45. The molecule has 5 nitrogen and oxygen atoms in total. The van der Waals surface area contributed by atoms with E-state index in [2.05, 4.69) is 31.1 Å². The Morgan fingerprint density at radius 2 is 2.09 bits per heavy atom. The summed E-state index contributed by atoms with van der Waals surface area (Å²) in [7, 11) is 0. The van der Waals surface area contributed by atoms with Crippen LogP contribution in [0.4, 0.5) is 0 Å². The number of aromatic nitrogens is 1. The van der Waals surface area contributed by atoms with Crippen molar-refractivity contribution in [2.45, 2.75) is 40.2 Å². The van der Waals surface area contributed by atoms with Crippen molar-refractivity contribution in [2.24, 2.45) is 5.41 Å². The van der Waals surface area contributed by atoms with Crippen LogP contribution in [0.3, 0.4) is 0 Å². The number of hydrogen-bond acceptors (Lipinski definition) is 4. The maximum Gasteiger partial charge on any atom is 0.287 e. The molecule has 2 aromatic rings. The van der Waals surface area contributed by atoms with Gasteiger partial charge in [-0.2, -0.15) is 0 Å². The van der Waals surface area contributed by atoms with Crippen molar-refractivity contribution in [3.8, 4) is 0 Å². The molecule has 1 N–H and O–H groups in total. The van der Waals surface area contributed by atoms with Crippen LogP contribution in [0.15, 0.2) is 45.9 Å². The first-order valence-electron chi connectivity index (χ1n) is 7.57. The van der Waals surface area contributed by atoms with Gasteiger partial charge in [0.25, 0.3) is 5.91 Å². The molecule has 0 radical (unpaired) electrons. The molecule has 1 amide bonds. The second kappa shape index (κ2) is 6.77. The maximum atomic E-state index is 12.5. The van der Waals surface area contributed by atoms with E-state index in [1.165, 1.54) is 12.1 Å². The zero-order valence-electron chi connectivity index (χ0n) is 13.9. The highest BCUT2D eigenvalue weighted by atomic mass is 16.3. The molecule has 0 unspecified atom stereocenters. The molecule has 0 saturated carbocycles. The van der Waals surface area contributed by atoms with Gasteiger partial charge in [0.2, 0.25) is 0 Å². The second-order valence-corrected chi connectivity index (χ2v) is 6.85. The summed E-state index contributed by atoms with van der Waals surface area (Å²) >= 11 is 0. The summed E-state index contributed by atoms with van der Waals surface area (Å²) in [4.78, 5) is 28.1. The van der Waals surface area contributed by atoms with Gasteiger partial charge >= 0.3 is 0 Å². The normalized spacial score (nSPS) is 12.7. The molecule has 0 aliphatic rings. The van der Waals surface area contributed by atoms with Gasteiger partial charge in [-0.15, -0.1) is 0 Å². The Bertz CT molecular complexity index is 730. The van der Waals surface area contributed by atoms with Gasteiger partial charge in [0, 0.05) is 24.5 Å². The van der Waals surface area contributed by atoms with E-state index in [4.69, 9.17) is 4.42 Å². The molecule has 122 valence electrons. The summed E-state index contributed by atoms with van der Waals surface area (Å²) in [6.45, 7) is 7.96. The van der Waals surface area contributed by atoms with E-state index in [0.29, 0.717) is 5.76 Å². The third-order valence-corrected chi connectivity index (χ3v) is 3.32. The molecule has 2 heterocycles. The SMILES string of the molecule is Cc1cc(=O)cc(C(=O)N[C@H](CC(C)(C)C)c2cccnc2)o1. The van der Waals surface area contributed by atoms with Crippen LogP contribution < -0.4 is 10.7 Å². The van der Waals surface area contributed by atoms with Crippen LogP contribution in [0.2, 0.25) is 0 Å². The van der Waals surface area contributed by atoms with Crippen LogP contribution in [0.5, 0.6) is 0 Å². The van der Waals surface area contributed by atoms with Crippen molar-refractivity contribution < 1.29 is 9.21 Å². The molecule has 0 fully saturated rings. The van der Waals surface area contributed by atoms with Gasteiger partial charge in [0.15, 0.2) is 11.2 Å². The Labute approximate surface area is 135 Å². The van der Waals surface area contributed by atoms with Crippen molar-refractivity contribution in [3.63, 3.8) is 0 Å². The third-order valence-electron chi connectivity index (χ3n) is 3.32. The van der Waals surface area contributed by atoms with Crippen molar-refractivity contribution in [1.82, 2.24) is 10.3 Å². The fourth-order valence-electron chi connectivity index (χ4n) is 2.39. The summed E-state index contributed by atoms with van der Waals surface area (Å²) < 4.78 is 5.36. The van der Waals surface area contributed by atoms with E-state index in [0.717, 1.165) is 12.0 Å². The largest absolute Gasteiger partial charge is 0.456 e. The minimum absolute atomic E-state index is 0.0151. The summed E-state index contributed by atoms with van der Waals surface area (Å²) in [5.41, 5.74) is 0.694. The molecule has 23 heavy (non-hydrogen) atoms. The van der Waals surface area contributed by atoms with E-state index in [1.807, 2.05) is 12.1 Å². The first kappa shape index (κ1) is 16.9. The topological polar surface area (TPSA) is 72.2 Å². The predicted octanol–water partition coefficient (Wildman–Crippen LogP) is 3.25. The number of carbonyl (C=O) groups excluding carboxylic acids is 1. The Morgan fingerprint density at radius 3 is 2.65 bits per heavy atom. The van der Waals surface area contributed by atoms with E-state index in [1.54, 1.807) is 19.3 Å². The average molecular weight is 314 g/mol. The summed E-state index contributed by atoms with van der Waals surface area (Å²) in [5.74, 6) is 0.0399. The molecule has 1 atom stereocenters. The van der Waals surface area contributed by atoms with Gasteiger partial charge < -0.3 is 9.73 Å². The summed E-state index contributed by atoms with van der Waals surface area (Å²) in [5, 5.41) is 2.95. The monoisotopic (exact) mass is 314 g/mol. The van der Waals surface area contributed by atoms with Crippen LogP contribution in [0.1, 0.15) is 55.1 Å². The Morgan fingerprint density at radius 1 is 1.35 bits per heavy atom. The van der Waals surface area contributed by atoms with E-state index >= 15 is 0 Å². The lowest BCUT2D eigenvalue weighted by Gasteiger charge is -2.26. The number of nitrogens with zero attached hydrogens (tertiary/aromatic N) is 1. The van der Waals surface area contributed by atoms with Crippen molar-refractivity contribution >= 4 is 5.91 Å². The smallest absolute Gasteiger partial charge is 0.287 e. The first-order chi connectivity index (χ1) is 10.7. The molecular formula is C18H22N2O3. The van der Waals surface area contributed by atoms with Gasteiger partial charge in [-0.05, 0) is 30.4 Å². The highest BCUT2D eigenvalue weighted by Gasteiger charge is 2.23. The number of pyridine rings is 1. The molecule has 0 aliphatic carbocycles. The lowest BCUT2D eigenvalue weighted by Crippen LogP contribution is -2.32. The molecule has 0 aliphatic heterocycles. The highest BCUT2D eigenvalue weighted by Crippen LogP contribution is 2.29. The number of hydrogen-bond donors (Lipinski definition) is 1. The van der Waals surface area contributed by atoms with E-state index < -0.39 is 5.91 Å². The maximum absolute atomic E-state index is 12.5. The molecule has 0 bridgehead atoms. The number of carbonyl (C=O) groups is 1. The van der Waals surface area contributed by atoms with Crippen molar-refractivity contribution in [1.29, 1.82) is 0 Å². The summed E-state index contributed by atoms with van der Waals surface area (Å²) in [6.07, 6.45) is 4.17. The Balaban J connectivity index is 2.26. The van der Waals surface area contributed by atoms with Gasteiger partial charge in [0.05, 0.1) is 6.04 Å². The van der Waals surface area contributed by atoms with Crippen LogP contribution >= 0.6 is 0 Å².